The largest absolute Gasteiger partial charge is 0.481 e. The molecule has 0 saturated carbocycles. The zero-order chi connectivity index (χ0) is 31.3. The Balaban J connectivity index is 1.24. The zero-order valence-electron chi connectivity index (χ0n) is 23.6. The van der Waals surface area contributed by atoms with Crippen molar-refractivity contribution < 1.29 is 63.3 Å². The number of aliphatic hydroxyl groups is 2. The first-order chi connectivity index (χ1) is 20.3. The fourth-order valence-electron chi connectivity index (χ4n) is 6.90. The number of piperidine rings is 1. The number of benzene rings is 1. The lowest BCUT2D eigenvalue weighted by Crippen LogP contribution is -2.74. The third-order valence-electron chi connectivity index (χ3n) is 8.93. The number of nitrogens with zero attached hydrogens (tertiary/aromatic N) is 1. The number of rotatable bonds is 11. The highest BCUT2D eigenvalue weighted by molar-refractivity contribution is 5.85. The van der Waals surface area contributed by atoms with E-state index < -0.39 is 78.4 Å². The van der Waals surface area contributed by atoms with Crippen LogP contribution in [0.4, 0.5) is 0 Å². The summed E-state index contributed by atoms with van der Waals surface area (Å²) in [5.41, 5.74) is 0.324. The topological polar surface area (TPSA) is 206 Å². The Labute approximate surface area is 245 Å². The maximum atomic E-state index is 12.9. The van der Waals surface area contributed by atoms with Gasteiger partial charge in [0.15, 0.2) is 12.2 Å². The second kappa shape index (κ2) is 11.2. The lowest BCUT2D eigenvalue weighted by Gasteiger charge is -2.61. The Morgan fingerprint density at radius 1 is 1.12 bits per heavy atom. The second-order valence-electron chi connectivity index (χ2n) is 11.4. The molecule has 1 fully saturated rings. The van der Waals surface area contributed by atoms with Crippen molar-refractivity contribution in [2.24, 2.45) is 0 Å². The average molecular weight is 604 g/mol. The molecular weight excluding hydrogens is 570 g/mol. The van der Waals surface area contributed by atoms with Crippen molar-refractivity contribution in [2.45, 2.75) is 87.4 Å². The molecule has 1 saturated heterocycles. The van der Waals surface area contributed by atoms with Crippen molar-refractivity contribution in [3.05, 3.63) is 40.7 Å². The van der Waals surface area contributed by atoms with Gasteiger partial charge in [-0.25, -0.2) is 9.59 Å². The summed E-state index contributed by atoms with van der Waals surface area (Å²) < 4.78 is 21.6. The Morgan fingerprint density at radius 2 is 1.84 bits per heavy atom. The van der Waals surface area contributed by atoms with Crippen LogP contribution in [0.1, 0.15) is 55.7 Å². The molecule has 4 aliphatic rings. The summed E-state index contributed by atoms with van der Waals surface area (Å²) in [6, 6.07) is 3.55. The van der Waals surface area contributed by atoms with Crippen LogP contribution in [-0.4, -0.2) is 98.7 Å². The van der Waals surface area contributed by atoms with Crippen LogP contribution in [0.5, 0.6) is 5.75 Å². The van der Waals surface area contributed by atoms with Gasteiger partial charge in [0, 0.05) is 23.6 Å². The van der Waals surface area contributed by atoms with Crippen LogP contribution in [-0.2, 0) is 56.6 Å². The van der Waals surface area contributed by atoms with E-state index in [1.165, 1.54) is 0 Å². The van der Waals surface area contributed by atoms with Gasteiger partial charge in [0.2, 0.25) is 6.10 Å². The summed E-state index contributed by atoms with van der Waals surface area (Å²) >= 11 is 0. The van der Waals surface area contributed by atoms with Gasteiger partial charge in [0.25, 0.3) is 0 Å². The molecule has 0 amide bonds. The standard InChI is InChI=1S/C29H33NO13/c1-14(27(38)42-18(26(36)37)12-20(32)33)40-21(34)5-6-22(35)41-17-7-8-29(39)19-11-15-3-4-16(13-31)24-23(15)28(29,25(17)43-24)9-10-30(19)2/h3-4,7,14,18-19,25,31,39H,5-6,8-13H2,1-2H3,(H,32,33)(H,36,37)/t14-,18+,19+,25-,28-,29+/m0/s1. The van der Waals surface area contributed by atoms with Gasteiger partial charge in [-0.1, -0.05) is 12.1 Å². The highest BCUT2D eigenvalue weighted by Gasteiger charge is 2.71. The number of likely N-dealkylation sites (tertiary alicyclic amines) is 1. The predicted octanol–water partition coefficient (Wildman–Crippen LogP) is 0.183. The Morgan fingerprint density at radius 3 is 2.51 bits per heavy atom. The second-order valence-corrected chi connectivity index (χ2v) is 11.4. The molecule has 2 aliphatic heterocycles. The molecule has 1 aromatic carbocycles. The van der Waals surface area contributed by atoms with Crippen molar-refractivity contribution in [3.8, 4) is 5.75 Å². The zero-order valence-corrected chi connectivity index (χ0v) is 23.6. The predicted molar refractivity (Wildman–Crippen MR) is 141 cm³/mol. The van der Waals surface area contributed by atoms with Gasteiger partial charge >= 0.3 is 29.8 Å². The van der Waals surface area contributed by atoms with Crippen LogP contribution < -0.4 is 4.74 Å². The molecule has 6 atom stereocenters. The first-order valence-corrected chi connectivity index (χ1v) is 13.9. The number of hydrogen-bond donors (Lipinski definition) is 4. The first kappa shape index (κ1) is 30.4. The number of carbonyl (C=O) groups is 5. The van der Waals surface area contributed by atoms with E-state index in [0.717, 1.165) is 18.1 Å². The molecule has 4 N–H and O–H groups in total. The minimum Gasteiger partial charge on any atom is -0.481 e. The minimum atomic E-state index is -1.96. The monoisotopic (exact) mass is 603 g/mol. The van der Waals surface area contributed by atoms with Gasteiger partial charge in [-0.05, 0) is 45.0 Å². The number of carboxylic acids is 2. The van der Waals surface area contributed by atoms with E-state index in [-0.39, 0.29) is 24.8 Å². The van der Waals surface area contributed by atoms with E-state index in [2.05, 4.69) is 9.64 Å². The molecule has 14 nitrogen and oxygen atoms in total. The van der Waals surface area contributed by atoms with E-state index in [0.29, 0.717) is 30.7 Å². The molecule has 2 heterocycles. The molecule has 2 bridgehead atoms. The van der Waals surface area contributed by atoms with E-state index in [1.54, 1.807) is 12.1 Å². The van der Waals surface area contributed by atoms with Crippen LogP contribution in [0.3, 0.4) is 0 Å². The molecule has 2 aliphatic carbocycles. The fourth-order valence-corrected chi connectivity index (χ4v) is 6.90. The third kappa shape index (κ3) is 5.02. The number of carboxylic acid groups (broad SMARTS) is 2. The number of aliphatic carboxylic acids is 2. The SMILES string of the molecule is C[C@H](OC(=O)CCC(=O)OC1=CC[C@@]2(O)[C@H]3Cc4ccc(CO)c5c4[C@@]2(CCN3C)[C@H]1O5)C(=O)O[C@H](CC(=O)O)C(=O)O. The molecule has 1 spiro atoms. The Kier molecular flexibility index (Phi) is 7.96. The van der Waals surface area contributed by atoms with Crippen LogP contribution in [0.25, 0.3) is 0 Å². The normalized spacial score (nSPS) is 28.0. The van der Waals surface area contributed by atoms with Crippen molar-refractivity contribution in [3.63, 3.8) is 0 Å². The highest BCUT2D eigenvalue weighted by Crippen LogP contribution is 2.64. The fraction of sp³-hybridized carbons (Fsp3) is 0.552. The first-order valence-electron chi connectivity index (χ1n) is 13.9. The minimum absolute atomic E-state index is 0.197. The van der Waals surface area contributed by atoms with Crippen molar-refractivity contribution >= 4 is 29.8 Å². The molecule has 0 aromatic heterocycles. The van der Waals surface area contributed by atoms with E-state index in [4.69, 9.17) is 24.4 Å². The van der Waals surface area contributed by atoms with E-state index in [1.807, 2.05) is 13.1 Å². The molecule has 14 heteroatoms. The van der Waals surface area contributed by atoms with Crippen molar-refractivity contribution in [1.82, 2.24) is 4.90 Å². The number of esters is 3. The average Bonchev–Trinajstić information content (AvgIpc) is 3.30. The van der Waals surface area contributed by atoms with Gasteiger partial charge < -0.3 is 44.3 Å². The van der Waals surface area contributed by atoms with Crippen molar-refractivity contribution in [1.29, 1.82) is 0 Å². The number of aliphatic hydroxyl groups excluding tert-OH is 1. The van der Waals surface area contributed by atoms with Gasteiger partial charge in [-0.2, -0.15) is 0 Å². The molecule has 1 aromatic rings. The van der Waals surface area contributed by atoms with Gasteiger partial charge in [-0.15, -0.1) is 0 Å². The number of hydrogen-bond acceptors (Lipinski definition) is 12. The van der Waals surface area contributed by atoms with Crippen LogP contribution >= 0.6 is 0 Å². The molecular formula is C29H33NO13. The maximum absolute atomic E-state index is 12.9. The molecule has 0 unspecified atom stereocenters. The lowest BCUT2D eigenvalue weighted by molar-refractivity contribution is -0.178. The quantitative estimate of drug-likeness (QED) is 0.197. The summed E-state index contributed by atoms with van der Waals surface area (Å²) in [5.74, 6) is -5.48. The summed E-state index contributed by atoms with van der Waals surface area (Å²) in [4.78, 5) is 61.3. The number of carbonyl (C=O) groups excluding carboxylic acids is 3. The van der Waals surface area contributed by atoms with Gasteiger partial charge in [0.1, 0.15) is 11.5 Å². The maximum Gasteiger partial charge on any atom is 0.348 e. The summed E-state index contributed by atoms with van der Waals surface area (Å²) in [5, 5.41) is 40.0. The van der Waals surface area contributed by atoms with Gasteiger partial charge in [-0.3, -0.25) is 14.4 Å². The molecule has 232 valence electrons. The molecule has 0 radical (unpaired) electrons. The van der Waals surface area contributed by atoms with Crippen LogP contribution in [0.2, 0.25) is 0 Å². The van der Waals surface area contributed by atoms with Crippen molar-refractivity contribution in [2.75, 3.05) is 13.6 Å². The van der Waals surface area contributed by atoms with Gasteiger partial charge in [0.05, 0.1) is 36.9 Å². The smallest absolute Gasteiger partial charge is 0.348 e. The highest BCUT2D eigenvalue weighted by atomic mass is 16.6. The number of ether oxygens (including phenoxy) is 4. The van der Waals surface area contributed by atoms with E-state index in [9.17, 15) is 34.2 Å². The summed E-state index contributed by atoms with van der Waals surface area (Å²) in [7, 11) is 1.97. The van der Waals surface area contributed by atoms with Crippen LogP contribution in [0.15, 0.2) is 24.0 Å². The molecule has 5 rings (SSSR count). The molecule has 43 heavy (non-hydrogen) atoms. The van der Waals surface area contributed by atoms with Crippen LogP contribution in [0, 0.1) is 0 Å². The third-order valence-corrected chi connectivity index (χ3v) is 8.93. The Bertz CT molecular complexity index is 1400. The summed E-state index contributed by atoms with van der Waals surface area (Å²) in [6.45, 7) is 1.53. The number of likely N-dealkylation sites (N-methyl/N-ethyl adjacent to an activating group) is 1. The lowest BCUT2D eigenvalue weighted by atomic mass is 9.50. The van der Waals surface area contributed by atoms with E-state index >= 15 is 0 Å². The summed E-state index contributed by atoms with van der Waals surface area (Å²) in [6.07, 6.45) is -3.26. The Hall–Kier alpha value is -4.01.